The Morgan fingerprint density at radius 3 is 2.34 bits per heavy atom. The summed E-state index contributed by atoms with van der Waals surface area (Å²) in [5, 5.41) is 6.46. The van der Waals surface area contributed by atoms with E-state index in [1.54, 1.807) is 65.8 Å². The minimum atomic E-state index is -0.850. The summed E-state index contributed by atoms with van der Waals surface area (Å²) in [7, 11) is 0. The maximum absolute atomic E-state index is 13.4. The predicted molar refractivity (Wildman–Crippen MR) is 109 cm³/mol. The molecule has 5 rings (SSSR count). The van der Waals surface area contributed by atoms with Crippen molar-refractivity contribution in [1.82, 2.24) is 5.01 Å². The Morgan fingerprint density at radius 2 is 1.62 bits per heavy atom. The number of amides is 2. The van der Waals surface area contributed by atoms with Crippen LogP contribution in [0.1, 0.15) is 10.4 Å². The molecule has 4 atom stereocenters. The number of allylic oxidation sites excluding steroid dienone is 1. The number of hydrogen-bond donors (Lipinski definition) is 0. The van der Waals surface area contributed by atoms with E-state index in [2.05, 4.69) is 5.10 Å². The number of rotatable bonds is 3. The van der Waals surface area contributed by atoms with Crippen LogP contribution >= 0.6 is 11.6 Å². The van der Waals surface area contributed by atoms with Crippen LogP contribution in [0.25, 0.3) is 0 Å². The minimum absolute atomic E-state index is 0.248. The van der Waals surface area contributed by atoms with E-state index in [4.69, 9.17) is 11.6 Å². The number of hydrogen-bond acceptors (Lipinski definition) is 5. The molecule has 7 heteroatoms. The molecule has 2 amide bonds. The SMILES string of the molecule is O=C(c1ccc(Cl)cc1)[C@@H]1[C@@H]2C(=O)N(c3ccccc3)C(=O)[C@H]2[C@@H]2C=CC=NN12. The molecule has 2 saturated heterocycles. The Balaban J connectivity index is 1.58. The van der Waals surface area contributed by atoms with Gasteiger partial charge in [0.05, 0.1) is 23.6 Å². The van der Waals surface area contributed by atoms with Crippen LogP contribution in [0.3, 0.4) is 0 Å². The van der Waals surface area contributed by atoms with Gasteiger partial charge in [0.15, 0.2) is 5.78 Å². The summed E-state index contributed by atoms with van der Waals surface area (Å²) in [5.74, 6) is -2.36. The van der Waals surface area contributed by atoms with E-state index in [1.165, 1.54) is 4.90 Å². The third kappa shape index (κ3) is 2.63. The highest BCUT2D eigenvalue weighted by atomic mass is 35.5. The molecule has 0 spiro atoms. The number of anilines is 1. The highest BCUT2D eigenvalue weighted by Crippen LogP contribution is 2.46. The number of nitrogens with zero attached hydrogens (tertiary/aromatic N) is 3. The first-order valence-corrected chi connectivity index (χ1v) is 9.67. The molecule has 0 aromatic heterocycles. The fourth-order valence-corrected chi connectivity index (χ4v) is 4.58. The van der Waals surface area contributed by atoms with Crippen molar-refractivity contribution < 1.29 is 14.4 Å². The lowest BCUT2D eigenvalue weighted by atomic mass is 9.86. The first-order chi connectivity index (χ1) is 14.1. The largest absolute Gasteiger partial charge is 0.292 e. The van der Waals surface area contributed by atoms with Crippen molar-refractivity contribution in [2.24, 2.45) is 16.9 Å². The van der Waals surface area contributed by atoms with E-state index < -0.39 is 23.9 Å². The highest BCUT2D eigenvalue weighted by molar-refractivity contribution is 6.30. The van der Waals surface area contributed by atoms with E-state index in [1.807, 2.05) is 12.1 Å². The third-order valence-electron chi connectivity index (χ3n) is 5.70. The molecule has 3 aliphatic rings. The highest BCUT2D eigenvalue weighted by Gasteiger charge is 2.64. The number of hydrazone groups is 1. The lowest BCUT2D eigenvalue weighted by Gasteiger charge is -2.30. The second-order valence-corrected chi connectivity index (χ2v) is 7.67. The molecule has 3 heterocycles. The van der Waals surface area contributed by atoms with Gasteiger partial charge in [-0.05, 0) is 42.5 Å². The van der Waals surface area contributed by atoms with Gasteiger partial charge >= 0.3 is 0 Å². The maximum Gasteiger partial charge on any atom is 0.240 e. The second-order valence-electron chi connectivity index (χ2n) is 7.24. The van der Waals surface area contributed by atoms with Crippen LogP contribution in [0.4, 0.5) is 5.69 Å². The van der Waals surface area contributed by atoms with E-state index >= 15 is 0 Å². The molecule has 0 aliphatic carbocycles. The number of imide groups is 1. The molecule has 2 fully saturated rings. The number of halogens is 1. The van der Waals surface area contributed by atoms with Gasteiger partial charge in [-0.25, -0.2) is 4.90 Å². The van der Waals surface area contributed by atoms with Gasteiger partial charge < -0.3 is 0 Å². The van der Waals surface area contributed by atoms with Gasteiger partial charge in [0.25, 0.3) is 0 Å². The zero-order valence-electron chi connectivity index (χ0n) is 15.2. The standard InChI is InChI=1S/C22H16ClN3O3/c23-14-10-8-13(9-11-14)20(27)19-18-17(16-7-4-12-24-26(16)19)21(28)25(22(18)29)15-5-2-1-3-6-15/h1-12,16-19H/t16-,17-,18+,19-/m0/s1. The predicted octanol–water partition coefficient (Wildman–Crippen LogP) is 2.94. The molecule has 0 bridgehead atoms. The second kappa shape index (κ2) is 6.67. The molecular formula is C22H16ClN3O3. The van der Waals surface area contributed by atoms with Crippen LogP contribution in [0.15, 0.2) is 71.9 Å². The van der Waals surface area contributed by atoms with Gasteiger partial charge in [-0.1, -0.05) is 35.9 Å². The quantitative estimate of drug-likeness (QED) is 0.581. The molecule has 0 N–H and O–H groups in total. The molecule has 29 heavy (non-hydrogen) atoms. The minimum Gasteiger partial charge on any atom is -0.292 e. The van der Waals surface area contributed by atoms with Crippen molar-refractivity contribution in [2.75, 3.05) is 4.90 Å². The summed E-state index contributed by atoms with van der Waals surface area (Å²) in [6, 6.07) is 14.1. The van der Waals surface area contributed by atoms with Crippen molar-refractivity contribution in [1.29, 1.82) is 0 Å². The Bertz CT molecular complexity index is 1060. The number of carbonyl (C=O) groups excluding carboxylic acids is 3. The van der Waals surface area contributed by atoms with Gasteiger partial charge in [0.2, 0.25) is 11.8 Å². The average Bonchev–Trinajstić information content (AvgIpc) is 3.22. The smallest absolute Gasteiger partial charge is 0.240 e. The number of fused-ring (bicyclic) bond motifs is 3. The summed E-state index contributed by atoms with van der Waals surface area (Å²) in [6.07, 6.45) is 5.15. The zero-order valence-corrected chi connectivity index (χ0v) is 15.9. The van der Waals surface area contributed by atoms with Crippen molar-refractivity contribution in [2.45, 2.75) is 12.1 Å². The molecule has 0 unspecified atom stereocenters. The number of carbonyl (C=O) groups is 3. The van der Waals surface area contributed by atoms with Crippen LogP contribution in [0.5, 0.6) is 0 Å². The van der Waals surface area contributed by atoms with E-state index in [-0.39, 0.29) is 17.6 Å². The van der Waals surface area contributed by atoms with Crippen LogP contribution in [-0.4, -0.2) is 40.9 Å². The van der Waals surface area contributed by atoms with E-state index in [0.29, 0.717) is 16.3 Å². The average molecular weight is 406 g/mol. The van der Waals surface area contributed by atoms with Gasteiger partial charge in [-0.2, -0.15) is 5.10 Å². The van der Waals surface area contributed by atoms with E-state index in [9.17, 15) is 14.4 Å². The van der Waals surface area contributed by atoms with Crippen LogP contribution in [0.2, 0.25) is 5.02 Å². The molecule has 2 aromatic rings. The Morgan fingerprint density at radius 1 is 0.931 bits per heavy atom. The number of ketones is 1. The van der Waals surface area contributed by atoms with Gasteiger partial charge in [0.1, 0.15) is 6.04 Å². The summed E-state index contributed by atoms with van der Waals surface area (Å²) in [5.41, 5.74) is 0.950. The zero-order chi connectivity index (χ0) is 20.1. The molecule has 2 aromatic carbocycles. The van der Waals surface area contributed by atoms with Crippen molar-refractivity contribution in [3.05, 3.63) is 77.3 Å². The number of benzene rings is 2. The Labute approximate surface area is 172 Å². The first kappa shape index (κ1) is 17.8. The molecule has 144 valence electrons. The van der Waals surface area contributed by atoms with Gasteiger partial charge in [-0.15, -0.1) is 0 Å². The monoisotopic (exact) mass is 405 g/mol. The first-order valence-electron chi connectivity index (χ1n) is 9.29. The van der Waals surface area contributed by atoms with Crippen LogP contribution in [0, 0.1) is 11.8 Å². The third-order valence-corrected chi connectivity index (χ3v) is 5.95. The lowest BCUT2D eigenvalue weighted by molar-refractivity contribution is -0.123. The molecule has 0 saturated carbocycles. The summed E-state index contributed by atoms with van der Waals surface area (Å²) in [4.78, 5) is 41.2. The Kier molecular flexibility index (Phi) is 4.10. The van der Waals surface area contributed by atoms with E-state index in [0.717, 1.165) is 0 Å². The molecular weight excluding hydrogens is 390 g/mol. The van der Waals surface area contributed by atoms with Crippen LogP contribution in [-0.2, 0) is 9.59 Å². The molecule has 0 radical (unpaired) electrons. The number of para-hydroxylation sites is 1. The molecule has 6 nitrogen and oxygen atoms in total. The topological polar surface area (TPSA) is 70.0 Å². The molecule has 3 aliphatic heterocycles. The van der Waals surface area contributed by atoms with Crippen molar-refractivity contribution in [3.8, 4) is 0 Å². The lowest BCUT2D eigenvalue weighted by Crippen LogP contribution is -2.46. The summed E-state index contributed by atoms with van der Waals surface area (Å²) < 4.78 is 0. The Hall–Kier alpha value is -3.25. The number of Topliss-reactive ketones (excluding diaryl/α,β-unsaturated/α-hetero) is 1. The van der Waals surface area contributed by atoms with Gasteiger partial charge in [-0.3, -0.25) is 19.4 Å². The summed E-state index contributed by atoms with van der Waals surface area (Å²) >= 11 is 5.95. The van der Waals surface area contributed by atoms with Crippen molar-refractivity contribution >= 4 is 41.1 Å². The summed E-state index contributed by atoms with van der Waals surface area (Å²) in [6.45, 7) is 0. The fourth-order valence-electron chi connectivity index (χ4n) is 4.45. The van der Waals surface area contributed by atoms with Gasteiger partial charge in [0, 0.05) is 16.8 Å². The van der Waals surface area contributed by atoms with Crippen molar-refractivity contribution in [3.63, 3.8) is 0 Å². The maximum atomic E-state index is 13.4. The normalized spacial score (nSPS) is 27.3. The van der Waals surface area contributed by atoms with Crippen LogP contribution < -0.4 is 4.90 Å². The fraction of sp³-hybridized carbons (Fsp3) is 0.182.